The zero-order valence-corrected chi connectivity index (χ0v) is 28.0. The summed E-state index contributed by atoms with van der Waals surface area (Å²) in [6.07, 6.45) is 0. The van der Waals surface area contributed by atoms with E-state index in [2.05, 4.69) is 132 Å². The summed E-state index contributed by atoms with van der Waals surface area (Å²) in [4.78, 5) is 2.18. The van der Waals surface area contributed by atoms with Gasteiger partial charge in [0.2, 0.25) is 0 Å². The molecule has 2 heteroatoms. The summed E-state index contributed by atoms with van der Waals surface area (Å²) in [6.45, 7) is 0. The van der Waals surface area contributed by atoms with Crippen LogP contribution in [0.4, 0.5) is 17.1 Å². The Labute approximate surface area is 309 Å². The van der Waals surface area contributed by atoms with Crippen LogP contribution in [0.15, 0.2) is 204 Å². The fraction of sp³-hybridized carbons (Fsp3) is 0. The first-order valence-electron chi connectivity index (χ1n) is 19.8. The van der Waals surface area contributed by atoms with Gasteiger partial charge in [-0.2, -0.15) is 0 Å². The smallest absolute Gasteiger partial charge is 0.143 e. The Morgan fingerprint density at radius 3 is 1.81 bits per heavy atom. The van der Waals surface area contributed by atoms with Gasteiger partial charge in [-0.3, -0.25) is 0 Å². The van der Waals surface area contributed by atoms with E-state index in [0.29, 0.717) is 5.56 Å². The van der Waals surface area contributed by atoms with Gasteiger partial charge in [-0.05, 0) is 97.9 Å². The third kappa shape index (κ3) is 5.21. The third-order valence-corrected chi connectivity index (χ3v) is 9.94. The zero-order valence-electron chi connectivity index (χ0n) is 33.0. The van der Waals surface area contributed by atoms with Crippen molar-refractivity contribution in [3.63, 3.8) is 0 Å². The van der Waals surface area contributed by atoms with Crippen LogP contribution < -0.4 is 4.90 Å². The molecule has 0 amide bonds. The molecule has 0 bridgehead atoms. The summed E-state index contributed by atoms with van der Waals surface area (Å²) >= 11 is 0. The van der Waals surface area contributed by atoms with Crippen molar-refractivity contribution >= 4 is 60.5 Å². The third-order valence-electron chi connectivity index (χ3n) is 9.94. The number of rotatable bonds is 6. The molecule has 1 heterocycles. The van der Waals surface area contributed by atoms with E-state index in [4.69, 9.17) is 11.3 Å². The second-order valence-corrected chi connectivity index (χ2v) is 13.0. The fourth-order valence-corrected chi connectivity index (χ4v) is 7.38. The van der Waals surface area contributed by atoms with Crippen LogP contribution in [0.2, 0.25) is 0 Å². The fourth-order valence-electron chi connectivity index (χ4n) is 7.38. The number of furan rings is 1. The molecule has 0 unspecified atom stereocenters. The van der Waals surface area contributed by atoms with Gasteiger partial charge in [0.15, 0.2) is 0 Å². The molecule has 10 rings (SSSR count). The SMILES string of the molecule is [2H]c1c([2H])c([2H])c(-c2ccc(N(c3ccc(-c4ccc5oc6c(-c7ccccc7)cccc6c5c4)cc3)c3ccc4c(ccc5ccccc54)c3)cc2)c([2H])c1[2H]. The van der Waals surface area contributed by atoms with Gasteiger partial charge in [0.05, 0.1) is 6.85 Å². The van der Waals surface area contributed by atoms with E-state index in [1.807, 2.05) is 42.5 Å². The van der Waals surface area contributed by atoms with Crippen molar-refractivity contribution in [2.45, 2.75) is 0 Å². The lowest BCUT2D eigenvalue weighted by Gasteiger charge is -2.26. The molecular weight excluding hydrogens is 631 g/mol. The molecule has 0 saturated heterocycles. The van der Waals surface area contributed by atoms with Gasteiger partial charge in [0, 0.05) is 33.4 Å². The lowest BCUT2D eigenvalue weighted by atomic mass is 9.99. The summed E-state index contributed by atoms with van der Waals surface area (Å²) in [5, 5.41) is 6.80. The first kappa shape index (κ1) is 25.1. The molecule has 244 valence electrons. The van der Waals surface area contributed by atoms with Crippen molar-refractivity contribution in [3.05, 3.63) is 200 Å². The first-order chi connectivity index (χ1) is 27.8. The Kier molecular flexibility index (Phi) is 6.01. The number of para-hydroxylation sites is 1. The normalized spacial score (nSPS) is 12.8. The summed E-state index contributed by atoms with van der Waals surface area (Å²) in [6, 6.07) is 56.7. The number of benzene rings is 9. The van der Waals surface area contributed by atoms with Crippen molar-refractivity contribution in [2.75, 3.05) is 4.90 Å². The Hall–Kier alpha value is -6.90. The Morgan fingerprint density at radius 2 is 1.02 bits per heavy atom. The maximum absolute atomic E-state index is 8.54. The van der Waals surface area contributed by atoms with Crippen molar-refractivity contribution in [1.29, 1.82) is 0 Å². The maximum Gasteiger partial charge on any atom is 0.143 e. The van der Waals surface area contributed by atoms with E-state index in [1.165, 1.54) is 16.2 Å². The second-order valence-electron chi connectivity index (χ2n) is 13.0. The number of hydrogen-bond donors (Lipinski definition) is 0. The summed E-state index contributed by atoms with van der Waals surface area (Å²) in [7, 11) is 0. The molecule has 0 aliphatic heterocycles. The van der Waals surface area contributed by atoms with Crippen LogP contribution in [0.3, 0.4) is 0 Å². The number of nitrogens with zero attached hydrogens (tertiary/aromatic N) is 1. The maximum atomic E-state index is 8.54. The van der Waals surface area contributed by atoms with Crippen molar-refractivity contribution in [2.24, 2.45) is 0 Å². The summed E-state index contributed by atoms with van der Waals surface area (Å²) in [5.74, 6) is 0. The minimum absolute atomic E-state index is 0.180. The predicted octanol–water partition coefficient (Wildman–Crippen LogP) is 14.4. The minimum atomic E-state index is -0.403. The van der Waals surface area contributed by atoms with Gasteiger partial charge in [0.25, 0.3) is 0 Å². The quantitative estimate of drug-likeness (QED) is 0.164. The van der Waals surface area contributed by atoms with Crippen LogP contribution >= 0.6 is 0 Å². The van der Waals surface area contributed by atoms with E-state index in [9.17, 15) is 0 Å². The molecule has 0 N–H and O–H groups in total. The van der Waals surface area contributed by atoms with Gasteiger partial charge in [-0.1, -0.05) is 152 Å². The zero-order chi connectivity index (χ0) is 38.8. The van der Waals surface area contributed by atoms with E-state index in [1.54, 1.807) is 0 Å². The predicted molar refractivity (Wildman–Crippen MR) is 220 cm³/mol. The highest BCUT2D eigenvalue weighted by Crippen LogP contribution is 2.41. The molecule has 1 aromatic heterocycles. The lowest BCUT2D eigenvalue weighted by Crippen LogP contribution is -2.09. The van der Waals surface area contributed by atoms with Gasteiger partial charge in [0.1, 0.15) is 11.2 Å². The second kappa shape index (κ2) is 12.5. The van der Waals surface area contributed by atoms with Crippen molar-refractivity contribution in [3.8, 4) is 33.4 Å². The van der Waals surface area contributed by atoms with Crippen molar-refractivity contribution in [1.82, 2.24) is 0 Å². The molecule has 0 spiro atoms. The van der Waals surface area contributed by atoms with E-state index in [0.717, 1.165) is 66.6 Å². The molecule has 0 radical (unpaired) electrons. The highest BCUT2D eigenvalue weighted by molar-refractivity contribution is 6.11. The molecule has 52 heavy (non-hydrogen) atoms. The van der Waals surface area contributed by atoms with Crippen LogP contribution in [0, 0.1) is 0 Å². The standard InChI is InChI=1S/C50H33NO/c1-3-10-34(11-4-1)35-20-25-41(26-21-35)51(43-29-30-45-40(32-43)19-18-38-14-7-8-15-44(38)45)42-27-22-36(23-28-42)39-24-31-49-48(33-39)47-17-9-16-46(50(47)52-49)37-12-5-2-6-13-37/h1-33H/i1D,3D,4D,10D,11D. The topological polar surface area (TPSA) is 16.4 Å². The van der Waals surface area contributed by atoms with E-state index < -0.39 is 6.04 Å². The number of fused-ring (bicyclic) bond motifs is 6. The summed E-state index contributed by atoms with van der Waals surface area (Å²) in [5.41, 5.74) is 9.54. The molecule has 0 aliphatic rings. The van der Waals surface area contributed by atoms with Crippen LogP contribution in [0.25, 0.3) is 76.9 Å². The molecule has 0 atom stereocenters. The Bertz CT molecular complexity index is 3150. The van der Waals surface area contributed by atoms with Gasteiger partial charge >= 0.3 is 0 Å². The van der Waals surface area contributed by atoms with Gasteiger partial charge < -0.3 is 9.32 Å². The Balaban J connectivity index is 1.06. The van der Waals surface area contributed by atoms with Crippen LogP contribution in [-0.2, 0) is 0 Å². The molecule has 0 fully saturated rings. The lowest BCUT2D eigenvalue weighted by molar-refractivity contribution is 0.670. The molecular formula is C50H33NO. The van der Waals surface area contributed by atoms with E-state index in [-0.39, 0.29) is 29.7 Å². The molecule has 0 aliphatic carbocycles. The average molecular weight is 669 g/mol. The van der Waals surface area contributed by atoms with Gasteiger partial charge in [-0.25, -0.2) is 0 Å². The van der Waals surface area contributed by atoms with Crippen LogP contribution in [0.5, 0.6) is 0 Å². The average Bonchev–Trinajstić information content (AvgIpc) is 3.64. The Morgan fingerprint density at radius 1 is 0.385 bits per heavy atom. The first-order valence-corrected chi connectivity index (χ1v) is 17.3. The summed E-state index contributed by atoms with van der Waals surface area (Å²) < 4.78 is 48.0. The number of anilines is 3. The minimum Gasteiger partial charge on any atom is -0.455 e. The molecule has 0 saturated carbocycles. The largest absolute Gasteiger partial charge is 0.455 e. The number of hydrogen-bond acceptors (Lipinski definition) is 2. The van der Waals surface area contributed by atoms with Crippen molar-refractivity contribution < 1.29 is 11.3 Å². The van der Waals surface area contributed by atoms with Crippen LogP contribution in [0.1, 0.15) is 6.85 Å². The monoisotopic (exact) mass is 668 g/mol. The highest BCUT2D eigenvalue weighted by Gasteiger charge is 2.16. The van der Waals surface area contributed by atoms with E-state index >= 15 is 0 Å². The van der Waals surface area contributed by atoms with Gasteiger partial charge in [-0.15, -0.1) is 0 Å². The molecule has 2 nitrogen and oxygen atoms in total. The van der Waals surface area contributed by atoms with Crippen LogP contribution in [-0.4, -0.2) is 0 Å². The molecule has 9 aromatic carbocycles. The molecule has 10 aromatic rings. The highest BCUT2D eigenvalue weighted by atomic mass is 16.3.